The lowest BCUT2D eigenvalue weighted by Gasteiger charge is -2.28. The Morgan fingerprint density at radius 3 is 3.06 bits per heavy atom. The average Bonchev–Trinajstić information content (AvgIpc) is 2.38. The lowest BCUT2D eigenvalue weighted by atomic mass is 9.99. The molecule has 0 aliphatic carbocycles. The monoisotopic (exact) mass is 359 g/mol. The van der Waals surface area contributed by atoms with Crippen LogP contribution in [-0.2, 0) is 11.2 Å². The van der Waals surface area contributed by atoms with Gasteiger partial charge in [0.15, 0.2) is 0 Å². The maximum Gasteiger partial charge on any atom is 0.254 e. The number of hydrogen-bond acceptors (Lipinski definition) is 2. The van der Waals surface area contributed by atoms with E-state index in [9.17, 15) is 4.79 Å². The van der Waals surface area contributed by atoms with E-state index in [1.165, 1.54) is 5.56 Å². The molecule has 1 aliphatic rings. The van der Waals surface area contributed by atoms with Crippen LogP contribution in [0.2, 0.25) is 0 Å². The number of carbonyl (C=O) groups excluding carboxylic acids is 1. The zero-order chi connectivity index (χ0) is 13.0. The number of halogens is 1. The van der Waals surface area contributed by atoms with Crippen molar-refractivity contribution < 1.29 is 9.53 Å². The minimum absolute atomic E-state index is 0.172. The third kappa shape index (κ3) is 3.23. The van der Waals surface area contributed by atoms with Gasteiger partial charge in [0.2, 0.25) is 0 Å². The van der Waals surface area contributed by atoms with Crippen LogP contribution in [0.4, 0.5) is 0 Å². The van der Waals surface area contributed by atoms with Gasteiger partial charge in [0.25, 0.3) is 5.91 Å². The number of rotatable bonds is 5. The van der Waals surface area contributed by atoms with Gasteiger partial charge in [-0.3, -0.25) is 4.79 Å². The summed E-state index contributed by atoms with van der Waals surface area (Å²) < 4.78 is 6.43. The number of amides is 1. The maximum absolute atomic E-state index is 12.3. The number of carbonyl (C=O) groups is 1. The second-order valence-electron chi connectivity index (χ2n) is 4.39. The molecule has 0 N–H and O–H groups in total. The molecule has 0 saturated carbocycles. The number of ether oxygens (including phenoxy) is 1. The summed E-state index contributed by atoms with van der Waals surface area (Å²) in [6.07, 6.45) is 1.88. The van der Waals surface area contributed by atoms with Crippen LogP contribution < -0.4 is 0 Å². The quantitative estimate of drug-likeness (QED) is 0.598. The van der Waals surface area contributed by atoms with E-state index in [-0.39, 0.29) is 5.91 Å². The van der Waals surface area contributed by atoms with E-state index in [0.29, 0.717) is 0 Å². The first-order valence-corrected chi connectivity index (χ1v) is 7.45. The van der Waals surface area contributed by atoms with Crippen molar-refractivity contribution in [3.63, 3.8) is 0 Å². The molecule has 1 aromatic rings. The molecule has 4 heteroatoms. The van der Waals surface area contributed by atoms with Gasteiger partial charge in [-0.05, 0) is 60.1 Å². The molecule has 1 aliphatic heterocycles. The van der Waals surface area contributed by atoms with Crippen LogP contribution in [0.15, 0.2) is 18.2 Å². The molecule has 1 aromatic carbocycles. The predicted molar refractivity (Wildman–Crippen MR) is 79.9 cm³/mol. The number of benzene rings is 1. The van der Waals surface area contributed by atoms with E-state index in [0.717, 1.165) is 48.3 Å². The molecule has 18 heavy (non-hydrogen) atoms. The van der Waals surface area contributed by atoms with Crippen LogP contribution in [-0.4, -0.2) is 37.1 Å². The molecule has 0 fully saturated rings. The molecular formula is C14H18INO2. The smallest absolute Gasteiger partial charge is 0.254 e. The van der Waals surface area contributed by atoms with Gasteiger partial charge >= 0.3 is 0 Å². The summed E-state index contributed by atoms with van der Waals surface area (Å²) in [5.41, 5.74) is 2.06. The Balaban J connectivity index is 1.99. The van der Waals surface area contributed by atoms with Gasteiger partial charge in [-0.1, -0.05) is 6.07 Å². The Hall–Kier alpha value is -0.620. The largest absolute Gasteiger partial charge is 0.382 e. The molecular weight excluding hydrogens is 341 g/mol. The fourth-order valence-corrected chi connectivity index (χ4v) is 2.70. The van der Waals surface area contributed by atoms with Crippen LogP contribution >= 0.6 is 22.6 Å². The minimum atomic E-state index is 0.172. The summed E-state index contributed by atoms with van der Waals surface area (Å²) in [7, 11) is 0. The Labute approximate surface area is 122 Å². The van der Waals surface area contributed by atoms with Crippen LogP contribution in [0.25, 0.3) is 0 Å². The molecule has 0 atom stereocenters. The van der Waals surface area contributed by atoms with Gasteiger partial charge in [-0.15, -0.1) is 0 Å². The van der Waals surface area contributed by atoms with E-state index in [1.807, 2.05) is 17.9 Å². The molecule has 0 radical (unpaired) electrons. The Kier molecular flexibility index (Phi) is 5.00. The minimum Gasteiger partial charge on any atom is -0.382 e. The molecule has 1 heterocycles. The van der Waals surface area contributed by atoms with Gasteiger partial charge in [-0.25, -0.2) is 0 Å². The molecule has 0 bridgehead atoms. The molecule has 0 unspecified atom stereocenters. The Morgan fingerprint density at radius 1 is 1.44 bits per heavy atom. The molecule has 0 saturated heterocycles. The molecule has 98 valence electrons. The van der Waals surface area contributed by atoms with E-state index in [4.69, 9.17) is 4.74 Å². The first-order chi connectivity index (χ1) is 8.72. The second kappa shape index (κ2) is 6.52. The topological polar surface area (TPSA) is 29.5 Å². The van der Waals surface area contributed by atoms with E-state index in [1.54, 1.807) is 0 Å². The lowest BCUT2D eigenvalue weighted by molar-refractivity contribution is 0.0709. The summed E-state index contributed by atoms with van der Waals surface area (Å²) >= 11 is 2.25. The third-order valence-corrected chi connectivity index (χ3v) is 3.83. The Bertz CT molecular complexity index is 434. The fraction of sp³-hybridized carbons (Fsp3) is 0.500. The van der Waals surface area contributed by atoms with Crippen molar-refractivity contribution in [2.75, 3.05) is 26.3 Å². The second-order valence-corrected chi connectivity index (χ2v) is 5.64. The van der Waals surface area contributed by atoms with Crippen LogP contribution in [0, 0.1) is 3.57 Å². The average molecular weight is 359 g/mol. The van der Waals surface area contributed by atoms with Crippen LogP contribution in [0.1, 0.15) is 29.3 Å². The highest BCUT2D eigenvalue weighted by molar-refractivity contribution is 14.1. The van der Waals surface area contributed by atoms with E-state index < -0.39 is 0 Å². The first-order valence-electron chi connectivity index (χ1n) is 6.38. The summed E-state index contributed by atoms with van der Waals surface area (Å²) in [5, 5.41) is 0. The Morgan fingerprint density at radius 2 is 2.28 bits per heavy atom. The summed E-state index contributed by atoms with van der Waals surface area (Å²) in [5.74, 6) is 0.172. The molecule has 2 rings (SSSR count). The maximum atomic E-state index is 12.3. The van der Waals surface area contributed by atoms with Gasteiger partial charge in [-0.2, -0.15) is 0 Å². The number of hydrogen-bond donors (Lipinski definition) is 0. The predicted octanol–water partition coefficient (Wildman–Crippen LogP) is 2.72. The summed E-state index contributed by atoms with van der Waals surface area (Å²) in [6.45, 7) is 5.10. The zero-order valence-corrected chi connectivity index (χ0v) is 12.8. The van der Waals surface area contributed by atoms with Crippen LogP contribution in [0.5, 0.6) is 0 Å². The van der Waals surface area contributed by atoms with Gasteiger partial charge in [0.1, 0.15) is 0 Å². The summed E-state index contributed by atoms with van der Waals surface area (Å²) in [6, 6.07) is 6.14. The lowest BCUT2D eigenvalue weighted by Crippen LogP contribution is -2.38. The van der Waals surface area contributed by atoms with Crippen molar-refractivity contribution in [3.8, 4) is 0 Å². The highest BCUT2D eigenvalue weighted by atomic mass is 127. The SMILES string of the molecule is CCOCCCN1CCc2ccc(I)cc2C1=O. The van der Waals surface area contributed by atoms with E-state index in [2.05, 4.69) is 34.7 Å². The molecule has 1 amide bonds. The van der Waals surface area contributed by atoms with Crippen molar-refractivity contribution in [3.05, 3.63) is 32.9 Å². The fourth-order valence-electron chi connectivity index (χ4n) is 2.21. The van der Waals surface area contributed by atoms with Crippen molar-refractivity contribution in [1.82, 2.24) is 4.90 Å². The molecule has 0 spiro atoms. The van der Waals surface area contributed by atoms with E-state index >= 15 is 0 Å². The summed E-state index contributed by atoms with van der Waals surface area (Å²) in [4.78, 5) is 14.3. The van der Waals surface area contributed by atoms with Crippen LogP contribution in [0.3, 0.4) is 0 Å². The molecule has 3 nitrogen and oxygen atoms in total. The zero-order valence-electron chi connectivity index (χ0n) is 10.6. The van der Waals surface area contributed by atoms with Crippen molar-refractivity contribution >= 4 is 28.5 Å². The molecule has 0 aromatic heterocycles. The highest BCUT2D eigenvalue weighted by Gasteiger charge is 2.23. The van der Waals surface area contributed by atoms with Gasteiger partial charge in [0, 0.05) is 35.4 Å². The van der Waals surface area contributed by atoms with Crippen molar-refractivity contribution in [2.45, 2.75) is 19.8 Å². The first kappa shape index (κ1) is 13.8. The van der Waals surface area contributed by atoms with Crippen molar-refractivity contribution in [1.29, 1.82) is 0 Å². The normalized spacial score (nSPS) is 14.8. The third-order valence-electron chi connectivity index (χ3n) is 3.16. The highest BCUT2D eigenvalue weighted by Crippen LogP contribution is 2.21. The van der Waals surface area contributed by atoms with Gasteiger partial charge in [0.05, 0.1) is 0 Å². The van der Waals surface area contributed by atoms with Crippen molar-refractivity contribution in [2.24, 2.45) is 0 Å². The number of fused-ring (bicyclic) bond motifs is 1. The van der Waals surface area contributed by atoms with Gasteiger partial charge < -0.3 is 9.64 Å². The standard InChI is InChI=1S/C14H18INO2/c1-2-18-9-3-7-16-8-6-11-4-5-12(15)10-13(11)14(16)17/h4-5,10H,2-3,6-9H2,1H3. The number of nitrogens with zero attached hydrogens (tertiary/aromatic N) is 1.